The van der Waals surface area contributed by atoms with Gasteiger partial charge in [0.05, 0.1) is 0 Å². The van der Waals surface area contributed by atoms with Gasteiger partial charge in [0.25, 0.3) is 0 Å². The number of nitrogens with zero attached hydrogens (tertiary/aromatic N) is 2. The van der Waals surface area contributed by atoms with Crippen molar-refractivity contribution in [1.29, 1.82) is 0 Å². The van der Waals surface area contributed by atoms with Crippen LogP contribution >= 0.6 is 0 Å². The lowest BCUT2D eigenvalue weighted by Crippen LogP contribution is -2.27. The van der Waals surface area contributed by atoms with Gasteiger partial charge in [-0.1, -0.05) is 31.2 Å². The molecule has 0 amide bonds. The van der Waals surface area contributed by atoms with E-state index in [1.165, 1.54) is 16.3 Å². The minimum absolute atomic E-state index is 0.440. The third-order valence-electron chi connectivity index (χ3n) is 3.71. The molecule has 2 rings (SSSR count). The van der Waals surface area contributed by atoms with Crippen LogP contribution in [0.25, 0.3) is 10.8 Å². The smallest absolute Gasteiger partial charge is 0.136 e. The molecular formula is C17H25N3. The molecule has 20 heavy (non-hydrogen) atoms. The van der Waals surface area contributed by atoms with Gasteiger partial charge in [0.1, 0.15) is 5.82 Å². The van der Waals surface area contributed by atoms with Crippen LogP contribution in [0.3, 0.4) is 0 Å². The lowest BCUT2D eigenvalue weighted by molar-refractivity contribution is 0.676. The van der Waals surface area contributed by atoms with E-state index in [1.54, 1.807) is 0 Å². The zero-order valence-electron chi connectivity index (χ0n) is 13.0. The molecule has 0 atom stereocenters. The predicted molar refractivity (Wildman–Crippen MR) is 87.3 cm³/mol. The summed E-state index contributed by atoms with van der Waals surface area (Å²) in [6.45, 7) is 8.49. The Kier molecular flexibility index (Phi) is 4.96. The highest BCUT2D eigenvalue weighted by molar-refractivity contribution is 5.94. The summed E-state index contributed by atoms with van der Waals surface area (Å²) in [5.74, 6) is 1.06. The molecule has 0 aliphatic heterocycles. The van der Waals surface area contributed by atoms with Crippen molar-refractivity contribution in [3.8, 4) is 0 Å². The first kappa shape index (κ1) is 14.8. The molecule has 3 nitrogen and oxygen atoms in total. The van der Waals surface area contributed by atoms with Crippen molar-refractivity contribution in [2.75, 3.05) is 18.5 Å². The number of anilines is 1. The van der Waals surface area contributed by atoms with E-state index in [9.17, 15) is 0 Å². The Hall–Kier alpha value is -1.61. The number of hydrogen-bond acceptors (Lipinski definition) is 3. The average Bonchev–Trinajstić information content (AvgIpc) is 2.46. The van der Waals surface area contributed by atoms with E-state index < -0.39 is 0 Å². The van der Waals surface area contributed by atoms with Crippen LogP contribution in [0, 0.1) is 0 Å². The number of aromatic nitrogens is 1. The largest absolute Gasteiger partial charge is 0.357 e. The minimum atomic E-state index is 0.440. The van der Waals surface area contributed by atoms with Crippen LogP contribution < -0.4 is 10.2 Å². The van der Waals surface area contributed by atoms with Gasteiger partial charge >= 0.3 is 0 Å². The summed E-state index contributed by atoms with van der Waals surface area (Å²) in [5, 5.41) is 6.00. The third-order valence-corrected chi connectivity index (χ3v) is 3.71. The summed E-state index contributed by atoms with van der Waals surface area (Å²) in [5.41, 5.74) is 1.27. The van der Waals surface area contributed by atoms with Gasteiger partial charge in [0.2, 0.25) is 0 Å². The molecule has 1 aromatic heterocycles. The fourth-order valence-electron chi connectivity index (χ4n) is 2.30. The van der Waals surface area contributed by atoms with Crippen molar-refractivity contribution in [2.45, 2.75) is 39.8 Å². The Bertz CT molecular complexity index is 563. The van der Waals surface area contributed by atoms with Crippen LogP contribution in [0.1, 0.15) is 32.8 Å². The second-order valence-electron chi connectivity index (χ2n) is 5.53. The second kappa shape index (κ2) is 6.71. The summed E-state index contributed by atoms with van der Waals surface area (Å²) < 4.78 is 0. The van der Waals surface area contributed by atoms with Crippen LogP contribution in [-0.4, -0.2) is 24.6 Å². The van der Waals surface area contributed by atoms with Crippen molar-refractivity contribution in [3.05, 3.63) is 36.0 Å². The highest BCUT2D eigenvalue weighted by atomic mass is 15.2. The van der Waals surface area contributed by atoms with Gasteiger partial charge in [-0.25, -0.2) is 4.98 Å². The Morgan fingerprint density at radius 2 is 1.90 bits per heavy atom. The highest BCUT2D eigenvalue weighted by Gasteiger charge is 2.12. The molecule has 0 saturated carbocycles. The zero-order chi connectivity index (χ0) is 14.5. The molecule has 0 aliphatic rings. The third kappa shape index (κ3) is 3.10. The first-order valence-electron chi connectivity index (χ1n) is 7.45. The van der Waals surface area contributed by atoms with Crippen molar-refractivity contribution >= 4 is 16.6 Å². The van der Waals surface area contributed by atoms with Crippen LogP contribution in [-0.2, 0) is 6.54 Å². The summed E-state index contributed by atoms with van der Waals surface area (Å²) in [7, 11) is 2.11. The van der Waals surface area contributed by atoms with E-state index in [0.717, 1.165) is 25.3 Å². The molecular weight excluding hydrogens is 246 g/mol. The van der Waals surface area contributed by atoms with Gasteiger partial charge in [-0.15, -0.1) is 0 Å². The lowest BCUT2D eigenvalue weighted by Gasteiger charge is -2.24. The van der Waals surface area contributed by atoms with E-state index in [0.29, 0.717) is 6.04 Å². The van der Waals surface area contributed by atoms with Gasteiger partial charge in [-0.3, -0.25) is 0 Å². The maximum absolute atomic E-state index is 4.69. The molecule has 1 heterocycles. The summed E-state index contributed by atoms with van der Waals surface area (Å²) in [6.07, 6.45) is 3.17. The van der Waals surface area contributed by atoms with Crippen LogP contribution in [0.4, 0.5) is 5.82 Å². The Labute approximate surface area is 122 Å². The fourth-order valence-corrected chi connectivity index (χ4v) is 2.30. The van der Waals surface area contributed by atoms with Crippen LogP contribution in [0.2, 0.25) is 0 Å². The van der Waals surface area contributed by atoms with E-state index in [1.807, 2.05) is 6.20 Å². The second-order valence-corrected chi connectivity index (χ2v) is 5.53. The number of fused-ring (bicyclic) bond motifs is 1. The maximum atomic E-state index is 4.69. The normalized spacial score (nSPS) is 11.2. The molecule has 2 aromatic rings. The maximum Gasteiger partial charge on any atom is 0.136 e. The van der Waals surface area contributed by atoms with Crippen molar-refractivity contribution in [2.24, 2.45) is 0 Å². The van der Waals surface area contributed by atoms with Crippen molar-refractivity contribution in [3.63, 3.8) is 0 Å². The van der Waals surface area contributed by atoms with E-state index in [-0.39, 0.29) is 0 Å². The zero-order valence-corrected chi connectivity index (χ0v) is 13.0. The van der Waals surface area contributed by atoms with Gasteiger partial charge in [0, 0.05) is 31.2 Å². The highest BCUT2D eigenvalue weighted by Crippen LogP contribution is 2.27. The van der Waals surface area contributed by atoms with E-state index >= 15 is 0 Å². The van der Waals surface area contributed by atoms with Crippen molar-refractivity contribution in [1.82, 2.24) is 10.3 Å². The number of nitrogens with one attached hydrogen (secondary N) is 1. The van der Waals surface area contributed by atoms with Gasteiger partial charge < -0.3 is 10.2 Å². The molecule has 0 spiro atoms. The first-order chi connectivity index (χ1) is 9.65. The standard InChI is InChI=1S/C17H25N3/c1-5-10-18-11-14-12-19-17(20(4)13(2)3)16-9-7-6-8-15(14)16/h6-9,12-13,18H,5,10-11H2,1-4H3. The van der Waals surface area contributed by atoms with Gasteiger partial charge in [-0.05, 0) is 37.8 Å². The molecule has 0 unspecified atom stereocenters. The monoisotopic (exact) mass is 271 g/mol. The lowest BCUT2D eigenvalue weighted by atomic mass is 10.1. The summed E-state index contributed by atoms with van der Waals surface area (Å²) in [6, 6.07) is 8.99. The quantitative estimate of drug-likeness (QED) is 0.814. The SMILES string of the molecule is CCCNCc1cnc(N(C)C(C)C)c2ccccc12. The summed E-state index contributed by atoms with van der Waals surface area (Å²) in [4.78, 5) is 6.92. The molecule has 0 aliphatic carbocycles. The molecule has 3 heteroatoms. The number of hydrogen-bond donors (Lipinski definition) is 1. The van der Waals surface area contributed by atoms with Gasteiger partial charge in [-0.2, -0.15) is 0 Å². The number of pyridine rings is 1. The molecule has 0 fully saturated rings. The predicted octanol–water partition coefficient (Wildman–Crippen LogP) is 3.58. The molecule has 1 N–H and O–H groups in total. The Balaban J connectivity index is 2.41. The van der Waals surface area contributed by atoms with Crippen molar-refractivity contribution < 1.29 is 0 Å². The fraction of sp³-hybridized carbons (Fsp3) is 0.471. The van der Waals surface area contributed by atoms with Crippen LogP contribution in [0.5, 0.6) is 0 Å². The number of benzene rings is 1. The molecule has 1 aromatic carbocycles. The van der Waals surface area contributed by atoms with Crippen LogP contribution in [0.15, 0.2) is 30.5 Å². The Morgan fingerprint density at radius 1 is 1.20 bits per heavy atom. The van der Waals surface area contributed by atoms with E-state index in [4.69, 9.17) is 4.98 Å². The van der Waals surface area contributed by atoms with E-state index in [2.05, 4.69) is 62.3 Å². The topological polar surface area (TPSA) is 28.2 Å². The molecule has 108 valence electrons. The average molecular weight is 271 g/mol. The Morgan fingerprint density at radius 3 is 2.55 bits per heavy atom. The first-order valence-corrected chi connectivity index (χ1v) is 7.45. The molecule has 0 bridgehead atoms. The van der Waals surface area contributed by atoms with Gasteiger partial charge in [0.15, 0.2) is 0 Å². The minimum Gasteiger partial charge on any atom is -0.357 e. The number of rotatable bonds is 6. The summed E-state index contributed by atoms with van der Waals surface area (Å²) >= 11 is 0. The molecule has 0 radical (unpaired) electrons. The molecule has 0 saturated heterocycles.